The van der Waals surface area contributed by atoms with Gasteiger partial charge in [0.1, 0.15) is 11.6 Å². The minimum atomic E-state index is -0.703. The molecule has 0 aromatic heterocycles. The largest absolute Gasteiger partial charge is 0.348 e. The maximum Gasteiger partial charge on any atom is 0.254 e. The van der Waals surface area contributed by atoms with Gasteiger partial charge in [-0.1, -0.05) is 30.3 Å². The van der Waals surface area contributed by atoms with E-state index in [4.69, 9.17) is 0 Å². The van der Waals surface area contributed by atoms with Crippen LogP contribution in [-0.4, -0.2) is 29.9 Å². The number of halogens is 2. The molecule has 1 atom stereocenters. The van der Waals surface area contributed by atoms with Crippen molar-refractivity contribution >= 4 is 5.91 Å². The van der Waals surface area contributed by atoms with E-state index < -0.39 is 17.5 Å². The summed E-state index contributed by atoms with van der Waals surface area (Å²) in [6.45, 7) is 2.49. The molecular formula is C19H20F2N2O. The van der Waals surface area contributed by atoms with E-state index in [9.17, 15) is 13.6 Å². The molecule has 0 saturated carbocycles. The molecular weight excluding hydrogens is 310 g/mol. The Labute approximate surface area is 140 Å². The zero-order chi connectivity index (χ0) is 16.9. The van der Waals surface area contributed by atoms with Gasteiger partial charge in [-0.15, -0.1) is 0 Å². The van der Waals surface area contributed by atoms with Gasteiger partial charge >= 0.3 is 0 Å². The highest BCUT2D eigenvalue weighted by Crippen LogP contribution is 2.15. The number of rotatable bonds is 4. The van der Waals surface area contributed by atoms with Gasteiger partial charge in [-0.3, -0.25) is 9.69 Å². The zero-order valence-electron chi connectivity index (χ0n) is 13.3. The number of carbonyl (C=O) groups is 1. The highest BCUT2D eigenvalue weighted by atomic mass is 19.1. The van der Waals surface area contributed by atoms with Crippen molar-refractivity contribution in [2.24, 2.45) is 0 Å². The summed E-state index contributed by atoms with van der Waals surface area (Å²) in [5, 5.41) is 2.83. The fourth-order valence-electron chi connectivity index (χ4n) is 3.09. The van der Waals surface area contributed by atoms with Crippen molar-refractivity contribution < 1.29 is 13.6 Å². The van der Waals surface area contributed by atoms with Gasteiger partial charge in [-0.2, -0.15) is 0 Å². The first kappa shape index (κ1) is 16.6. The molecule has 2 aromatic carbocycles. The van der Waals surface area contributed by atoms with Crippen molar-refractivity contribution in [3.05, 3.63) is 71.3 Å². The van der Waals surface area contributed by atoms with Crippen LogP contribution in [0.25, 0.3) is 0 Å². The molecule has 3 rings (SSSR count). The quantitative estimate of drug-likeness (QED) is 0.932. The predicted molar refractivity (Wildman–Crippen MR) is 88.6 cm³/mol. The number of hydrogen-bond donors (Lipinski definition) is 1. The van der Waals surface area contributed by atoms with Crippen LogP contribution in [0.2, 0.25) is 0 Å². The predicted octanol–water partition coefficient (Wildman–Crippen LogP) is 3.36. The van der Waals surface area contributed by atoms with Crippen LogP contribution >= 0.6 is 0 Å². The Balaban J connectivity index is 1.61. The van der Waals surface area contributed by atoms with E-state index in [1.807, 2.05) is 18.2 Å². The van der Waals surface area contributed by atoms with Gasteiger partial charge in [0.05, 0.1) is 5.56 Å². The van der Waals surface area contributed by atoms with Crippen LogP contribution in [0, 0.1) is 11.6 Å². The van der Waals surface area contributed by atoms with E-state index in [1.165, 1.54) is 5.56 Å². The summed E-state index contributed by atoms with van der Waals surface area (Å²) < 4.78 is 26.9. The highest BCUT2D eigenvalue weighted by Gasteiger charge is 2.23. The average molecular weight is 330 g/mol. The molecule has 24 heavy (non-hydrogen) atoms. The molecule has 126 valence electrons. The standard InChI is InChI=1S/C19H20F2N2O/c20-15-8-9-18(21)17(11-15)19(24)22-16-7-4-10-23(13-16)12-14-5-2-1-3-6-14/h1-3,5-6,8-9,11,16H,4,7,10,12-13H2,(H,22,24). The van der Waals surface area contributed by atoms with Crippen LogP contribution in [0.5, 0.6) is 0 Å². The maximum atomic E-state index is 13.7. The van der Waals surface area contributed by atoms with Crippen molar-refractivity contribution in [1.82, 2.24) is 10.2 Å². The Morgan fingerprint density at radius 2 is 1.96 bits per heavy atom. The van der Waals surface area contributed by atoms with Crippen LogP contribution in [0.15, 0.2) is 48.5 Å². The molecule has 1 N–H and O–H groups in total. The molecule has 0 aliphatic carbocycles. The molecule has 0 spiro atoms. The number of nitrogens with zero attached hydrogens (tertiary/aromatic N) is 1. The number of carbonyl (C=O) groups excluding carboxylic acids is 1. The molecule has 0 bridgehead atoms. The van der Waals surface area contributed by atoms with Crippen LogP contribution in [0.3, 0.4) is 0 Å². The van der Waals surface area contributed by atoms with Gasteiger partial charge < -0.3 is 5.32 Å². The van der Waals surface area contributed by atoms with Crippen molar-refractivity contribution in [3.8, 4) is 0 Å². The molecule has 1 unspecified atom stereocenters. The SMILES string of the molecule is O=C(NC1CCCN(Cc2ccccc2)C1)c1cc(F)ccc1F. The number of benzene rings is 2. The average Bonchev–Trinajstić information content (AvgIpc) is 2.58. The third kappa shape index (κ3) is 4.17. The van der Waals surface area contributed by atoms with E-state index in [2.05, 4.69) is 22.3 Å². The lowest BCUT2D eigenvalue weighted by atomic mass is 10.0. The summed E-state index contributed by atoms with van der Waals surface area (Å²) in [7, 11) is 0. The first-order valence-electron chi connectivity index (χ1n) is 8.14. The summed E-state index contributed by atoms with van der Waals surface area (Å²) in [6.07, 6.45) is 1.80. The Hall–Kier alpha value is -2.27. The minimum absolute atomic E-state index is 0.0578. The topological polar surface area (TPSA) is 32.3 Å². The Morgan fingerprint density at radius 1 is 1.17 bits per heavy atom. The third-order valence-corrected chi connectivity index (χ3v) is 4.26. The summed E-state index contributed by atoms with van der Waals surface area (Å²) >= 11 is 0. The minimum Gasteiger partial charge on any atom is -0.348 e. The molecule has 1 saturated heterocycles. The molecule has 2 aromatic rings. The second kappa shape index (κ2) is 7.53. The lowest BCUT2D eigenvalue weighted by Gasteiger charge is -2.33. The number of nitrogens with one attached hydrogen (secondary N) is 1. The molecule has 5 heteroatoms. The normalized spacial score (nSPS) is 18.3. The maximum absolute atomic E-state index is 13.7. The zero-order valence-corrected chi connectivity index (χ0v) is 13.3. The highest BCUT2D eigenvalue weighted by molar-refractivity contribution is 5.94. The van der Waals surface area contributed by atoms with Crippen LogP contribution in [-0.2, 0) is 6.54 Å². The third-order valence-electron chi connectivity index (χ3n) is 4.26. The lowest BCUT2D eigenvalue weighted by molar-refractivity contribution is 0.0896. The van der Waals surface area contributed by atoms with Gasteiger partial charge in [0.25, 0.3) is 5.91 Å². The molecule has 1 amide bonds. The van der Waals surface area contributed by atoms with Gasteiger partial charge in [0.2, 0.25) is 0 Å². The molecule has 1 fully saturated rings. The Morgan fingerprint density at radius 3 is 2.75 bits per heavy atom. The van der Waals surface area contributed by atoms with Crippen LogP contribution < -0.4 is 5.32 Å². The summed E-state index contributed by atoms with van der Waals surface area (Å²) in [4.78, 5) is 14.5. The number of amides is 1. The fraction of sp³-hybridized carbons (Fsp3) is 0.316. The summed E-state index contributed by atoms with van der Waals surface area (Å²) in [5.41, 5.74) is 0.982. The first-order chi connectivity index (χ1) is 11.6. The summed E-state index contributed by atoms with van der Waals surface area (Å²) in [5.74, 6) is -1.87. The van der Waals surface area contributed by atoms with E-state index in [0.717, 1.165) is 44.1 Å². The van der Waals surface area contributed by atoms with Gasteiger partial charge in [-0.25, -0.2) is 8.78 Å². The second-order valence-corrected chi connectivity index (χ2v) is 6.16. The summed E-state index contributed by atoms with van der Waals surface area (Å²) in [6, 6.07) is 13.0. The number of hydrogen-bond acceptors (Lipinski definition) is 2. The van der Waals surface area contributed by atoms with Crippen molar-refractivity contribution in [2.45, 2.75) is 25.4 Å². The van der Waals surface area contributed by atoms with E-state index in [1.54, 1.807) is 0 Å². The van der Waals surface area contributed by atoms with Gasteiger partial charge in [0.15, 0.2) is 0 Å². The number of likely N-dealkylation sites (tertiary alicyclic amines) is 1. The van der Waals surface area contributed by atoms with Crippen molar-refractivity contribution in [1.29, 1.82) is 0 Å². The lowest BCUT2D eigenvalue weighted by Crippen LogP contribution is -2.47. The van der Waals surface area contributed by atoms with Crippen molar-refractivity contribution in [3.63, 3.8) is 0 Å². The van der Waals surface area contributed by atoms with Crippen LogP contribution in [0.1, 0.15) is 28.8 Å². The molecule has 1 aliphatic rings. The monoisotopic (exact) mass is 330 g/mol. The second-order valence-electron chi connectivity index (χ2n) is 6.16. The van der Waals surface area contributed by atoms with E-state index in [-0.39, 0.29) is 11.6 Å². The fourth-order valence-corrected chi connectivity index (χ4v) is 3.09. The Kier molecular flexibility index (Phi) is 5.20. The first-order valence-corrected chi connectivity index (χ1v) is 8.14. The smallest absolute Gasteiger partial charge is 0.254 e. The molecule has 0 radical (unpaired) electrons. The Bertz CT molecular complexity index is 706. The van der Waals surface area contributed by atoms with Gasteiger partial charge in [0, 0.05) is 19.1 Å². The number of piperidine rings is 1. The molecule has 3 nitrogen and oxygen atoms in total. The molecule has 1 aliphatic heterocycles. The van der Waals surface area contributed by atoms with Crippen LogP contribution in [0.4, 0.5) is 8.78 Å². The van der Waals surface area contributed by atoms with E-state index >= 15 is 0 Å². The van der Waals surface area contributed by atoms with Crippen molar-refractivity contribution in [2.75, 3.05) is 13.1 Å². The van der Waals surface area contributed by atoms with Gasteiger partial charge in [-0.05, 0) is 43.1 Å². The van der Waals surface area contributed by atoms with E-state index in [0.29, 0.717) is 6.54 Å². The molecule has 1 heterocycles.